The molecule has 0 heterocycles. The van der Waals surface area contributed by atoms with Gasteiger partial charge in [0.2, 0.25) is 0 Å². The lowest BCUT2D eigenvalue weighted by atomic mass is 10.2. The van der Waals surface area contributed by atoms with E-state index < -0.39 is 0 Å². The second-order valence-electron chi connectivity index (χ2n) is 4.69. The number of ether oxygens (including phenoxy) is 1. The van der Waals surface area contributed by atoms with Crippen molar-refractivity contribution in [1.29, 1.82) is 0 Å². The second kappa shape index (κ2) is 11.1. The first-order valence-electron chi connectivity index (χ1n) is 7.43. The van der Waals surface area contributed by atoms with Crippen molar-refractivity contribution in [2.75, 3.05) is 45.6 Å². The molecule has 0 aromatic heterocycles. The zero-order valence-electron chi connectivity index (χ0n) is 13.0. The minimum absolute atomic E-state index is 0.762. The number of thioether (sulfide) groups is 1. The van der Waals surface area contributed by atoms with Crippen molar-refractivity contribution < 1.29 is 4.74 Å². The van der Waals surface area contributed by atoms with Crippen LogP contribution in [0.5, 0.6) is 0 Å². The number of hydrogen-bond donors (Lipinski definition) is 1. The molecular weight excluding hydrogens is 268 g/mol. The molecule has 1 aromatic carbocycles. The molecule has 20 heavy (non-hydrogen) atoms. The van der Waals surface area contributed by atoms with Gasteiger partial charge in [-0.05, 0) is 30.8 Å². The van der Waals surface area contributed by atoms with Gasteiger partial charge in [0.25, 0.3) is 0 Å². The van der Waals surface area contributed by atoms with Crippen LogP contribution in [-0.2, 0) is 11.3 Å². The Morgan fingerprint density at radius 1 is 1.25 bits per heavy atom. The van der Waals surface area contributed by atoms with Gasteiger partial charge in [-0.1, -0.05) is 26.0 Å². The largest absolute Gasteiger partial charge is 0.383 e. The lowest BCUT2D eigenvalue weighted by Gasteiger charge is -2.17. The van der Waals surface area contributed by atoms with Gasteiger partial charge in [-0.25, -0.2) is 0 Å². The van der Waals surface area contributed by atoms with E-state index in [1.54, 1.807) is 7.11 Å². The highest BCUT2D eigenvalue weighted by Gasteiger charge is 2.01. The van der Waals surface area contributed by atoms with Gasteiger partial charge < -0.3 is 15.0 Å². The summed E-state index contributed by atoms with van der Waals surface area (Å²) in [6, 6.07) is 8.81. The van der Waals surface area contributed by atoms with Gasteiger partial charge in [-0.3, -0.25) is 0 Å². The average Bonchev–Trinajstić information content (AvgIpc) is 2.49. The maximum atomic E-state index is 5.03. The first kappa shape index (κ1) is 17.5. The number of hydrogen-bond acceptors (Lipinski definition) is 4. The summed E-state index contributed by atoms with van der Waals surface area (Å²) in [5.74, 6) is 1.15. The number of rotatable bonds is 11. The summed E-state index contributed by atoms with van der Waals surface area (Å²) in [5, 5.41) is 3.38. The maximum Gasteiger partial charge on any atom is 0.0587 e. The summed E-state index contributed by atoms with van der Waals surface area (Å²) in [4.78, 5) is 3.83. The van der Waals surface area contributed by atoms with Crippen LogP contribution in [0.15, 0.2) is 29.2 Å². The average molecular weight is 296 g/mol. The Kier molecular flexibility index (Phi) is 9.75. The van der Waals surface area contributed by atoms with Crippen molar-refractivity contribution in [2.45, 2.75) is 25.3 Å². The van der Waals surface area contributed by atoms with E-state index in [9.17, 15) is 0 Å². The van der Waals surface area contributed by atoms with Crippen LogP contribution in [0.2, 0.25) is 0 Å². The summed E-state index contributed by atoms with van der Waals surface area (Å²) in [6.45, 7) is 10.5. The minimum atomic E-state index is 0.762. The maximum absolute atomic E-state index is 5.03. The first-order valence-corrected chi connectivity index (χ1v) is 8.42. The molecule has 1 aromatic rings. The number of methoxy groups -OCH3 is 1. The molecule has 3 nitrogen and oxygen atoms in total. The topological polar surface area (TPSA) is 24.5 Å². The highest BCUT2D eigenvalue weighted by molar-refractivity contribution is 7.99. The Bertz CT molecular complexity index is 356. The van der Waals surface area contributed by atoms with E-state index in [1.165, 1.54) is 10.5 Å². The van der Waals surface area contributed by atoms with Gasteiger partial charge in [-0.2, -0.15) is 0 Å². The lowest BCUT2D eigenvalue weighted by molar-refractivity contribution is 0.199. The highest BCUT2D eigenvalue weighted by atomic mass is 32.2. The third-order valence-corrected chi connectivity index (χ3v) is 4.26. The molecule has 0 aliphatic carbocycles. The summed E-state index contributed by atoms with van der Waals surface area (Å²) < 4.78 is 5.03. The Hall–Kier alpha value is -0.550. The van der Waals surface area contributed by atoms with Gasteiger partial charge in [0.15, 0.2) is 0 Å². The van der Waals surface area contributed by atoms with E-state index in [0.29, 0.717) is 0 Å². The van der Waals surface area contributed by atoms with Gasteiger partial charge in [0.05, 0.1) is 6.61 Å². The van der Waals surface area contributed by atoms with Crippen molar-refractivity contribution in [3.63, 3.8) is 0 Å². The number of benzene rings is 1. The van der Waals surface area contributed by atoms with Crippen LogP contribution >= 0.6 is 11.8 Å². The predicted octanol–water partition coefficient (Wildman–Crippen LogP) is 2.86. The Morgan fingerprint density at radius 2 is 2.05 bits per heavy atom. The van der Waals surface area contributed by atoms with E-state index in [-0.39, 0.29) is 0 Å². The fourth-order valence-corrected chi connectivity index (χ4v) is 2.98. The van der Waals surface area contributed by atoms with Crippen LogP contribution in [0.1, 0.15) is 19.4 Å². The minimum Gasteiger partial charge on any atom is -0.383 e. The molecule has 0 amide bonds. The van der Waals surface area contributed by atoms with Crippen molar-refractivity contribution in [2.24, 2.45) is 0 Å². The molecule has 0 spiro atoms. The van der Waals surface area contributed by atoms with Crippen molar-refractivity contribution >= 4 is 11.8 Å². The van der Waals surface area contributed by atoms with Gasteiger partial charge in [0, 0.05) is 37.4 Å². The fraction of sp³-hybridized carbons (Fsp3) is 0.625. The van der Waals surface area contributed by atoms with E-state index >= 15 is 0 Å². The zero-order chi connectivity index (χ0) is 14.6. The Balaban J connectivity index is 2.31. The number of nitrogens with zero attached hydrogens (tertiary/aromatic N) is 1. The van der Waals surface area contributed by atoms with E-state index in [4.69, 9.17) is 4.74 Å². The summed E-state index contributed by atoms with van der Waals surface area (Å²) >= 11 is 1.94. The van der Waals surface area contributed by atoms with Crippen LogP contribution in [0.25, 0.3) is 0 Å². The normalized spacial score (nSPS) is 11.2. The molecule has 1 N–H and O–H groups in total. The number of nitrogens with one attached hydrogen (secondary N) is 1. The van der Waals surface area contributed by atoms with Gasteiger partial charge in [-0.15, -0.1) is 11.8 Å². The molecule has 4 heteroatoms. The molecule has 0 radical (unpaired) electrons. The zero-order valence-corrected chi connectivity index (χ0v) is 13.8. The summed E-state index contributed by atoms with van der Waals surface area (Å²) in [7, 11) is 1.73. The van der Waals surface area contributed by atoms with Crippen LogP contribution < -0.4 is 5.32 Å². The predicted molar refractivity (Wildman–Crippen MR) is 88.5 cm³/mol. The van der Waals surface area contributed by atoms with Crippen LogP contribution in [0.4, 0.5) is 0 Å². The van der Waals surface area contributed by atoms with Crippen LogP contribution in [0, 0.1) is 0 Å². The third-order valence-electron chi connectivity index (χ3n) is 3.28. The molecule has 0 aliphatic rings. The van der Waals surface area contributed by atoms with E-state index in [0.717, 1.165) is 45.1 Å². The first-order chi connectivity index (χ1) is 9.80. The van der Waals surface area contributed by atoms with E-state index in [2.05, 4.69) is 48.3 Å². The van der Waals surface area contributed by atoms with Crippen LogP contribution in [0.3, 0.4) is 0 Å². The molecule has 0 aliphatic heterocycles. The quantitative estimate of drug-likeness (QED) is 0.501. The summed E-state index contributed by atoms with van der Waals surface area (Å²) in [5.41, 5.74) is 1.34. The third kappa shape index (κ3) is 7.29. The van der Waals surface area contributed by atoms with Crippen molar-refractivity contribution in [3.05, 3.63) is 29.8 Å². The molecule has 0 saturated carbocycles. The molecule has 0 unspecified atom stereocenters. The molecule has 0 bridgehead atoms. The van der Waals surface area contributed by atoms with Crippen LogP contribution in [-0.4, -0.2) is 50.5 Å². The Labute approximate surface area is 128 Å². The molecule has 0 fully saturated rings. The van der Waals surface area contributed by atoms with Gasteiger partial charge >= 0.3 is 0 Å². The van der Waals surface area contributed by atoms with E-state index in [1.807, 2.05) is 11.8 Å². The highest BCUT2D eigenvalue weighted by Crippen LogP contribution is 2.19. The van der Waals surface area contributed by atoms with Gasteiger partial charge in [0.1, 0.15) is 0 Å². The standard InChI is InChI=1S/C16H28N2OS/c1-4-18(5-2)10-12-20-16-8-6-7-15(13-16)14-17-9-11-19-3/h6-8,13,17H,4-5,9-12,14H2,1-3H3. The van der Waals surface area contributed by atoms with Crippen molar-refractivity contribution in [3.8, 4) is 0 Å². The summed E-state index contributed by atoms with van der Waals surface area (Å²) in [6.07, 6.45) is 0. The molecule has 0 atom stereocenters. The monoisotopic (exact) mass is 296 g/mol. The van der Waals surface area contributed by atoms with Crippen molar-refractivity contribution in [1.82, 2.24) is 10.2 Å². The second-order valence-corrected chi connectivity index (χ2v) is 5.86. The fourth-order valence-electron chi connectivity index (χ4n) is 1.98. The smallest absolute Gasteiger partial charge is 0.0587 e. The molecule has 114 valence electrons. The Morgan fingerprint density at radius 3 is 2.75 bits per heavy atom. The lowest BCUT2D eigenvalue weighted by Crippen LogP contribution is -2.25. The SMILES string of the molecule is CCN(CC)CCSc1cccc(CNCCOC)c1. The molecular formula is C16H28N2OS. The molecule has 0 saturated heterocycles. The molecule has 1 rings (SSSR count).